The smallest absolute Gasteiger partial charge is 0.280 e. The van der Waals surface area contributed by atoms with Crippen molar-refractivity contribution in [3.8, 4) is 11.3 Å². The van der Waals surface area contributed by atoms with E-state index >= 15 is 0 Å². The summed E-state index contributed by atoms with van der Waals surface area (Å²) in [7, 11) is 1.75. The van der Waals surface area contributed by atoms with E-state index in [1.54, 1.807) is 42.9 Å². The van der Waals surface area contributed by atoms with Crippen LogP contribution in [-0.4, -0.2) is 30.3 Å². The molecule has 1 amide bonds. The van der Waals surface area contributed by atoms with E-state index < -0.39 is 12.3 Å². The fourth-order valence-electron chi connectivity index (χ4n) is 2.87. The topological polar surface area (TPSA) is 77.1 Å². The van der Waals surface area contributed by atoms with Gasteiger partial charge in [0.15, 0.2) is 5.65 Å². The number of hydrogen-bond donors (Lipinski definition) is 1. The second kappa shape index (κ2) is 6.84. The predicted molar refractivity (Wildman–Crippen MR) is 99.3 cm³/mol. The Bertz CT molecular complexity index is 1170. The highest BCUT2D eigenvalue weighted by atomic mass is 19.3. The van der Waals surface area contributed by atoms with Crippen LogP contribution in [0.15, 0.2) is 48.8 Å². The first-order valence-corrected chi connectivity index (χ1v) is 8.48. The van der Waals surface area contributed by atoms with Gasteiger partial charge in [-0.1, -0.05) is 30.3 Å². The Balaban J connectivity index is 1.82. The number of amides is 1. The zero-order valence-electron chi connectivity index (χ0n) is 15.1. The molecule has 3 heterocycles. The normalized spacial score (nSPS) is 11.3. The Morgan fingerprint density at radius 3 is 2.54 bits per heavy atom. The number of carbonyl (C=O) groups excluding carboxylic acids is 1. The van der Waals surface area contributed by atoms with Crippen molar-refractivity contribution in [3.05, 3.63) is 65.7 Å². The number of halogens is 2. The molecule has 0 radical (unpaired) electrons. The van der Waals surface area contributed by atoms with E-state index in [1.165, 1.54) is 18.5 Å². The second-order valence-corrected chi connectivity index (χ2v) is 6.25. The molecule has 0 spiro atoms. The molecule has 142 valence electrons. The van der Waals surface area contributed by atoms with E-state index in [9.17, 15) is 13.6 Å². The van der Waals surface area contributed by atoms with Crippen LogP contribution in [0.2, 0.25) is 0 Å². The van der Waals surface area contributed by atoms with E-state index in [0.29, 0.717) is 16.9 Å². The fourth-order valence-corrected chi connectivity index (χ4v) is 2.87. The number of anilines is 1. The lowest BCUT2D eigenvalue weighted by Crippen LogP contribution is -2.13. The molecule has 3 aromatic heterocycles. The van der Waals surface area contributed by atoms with Crippen LogP contribution in [0.1, 0.15) is 28.2 Å². The minimum Gasteiger partial charge on any atom is -0.319 e. The van der Waals surface area contributed by atoms with E-state index in [-0.39, 0.29) is 16.9 Å². The third-order valence-corrected chi connectivity index (χ3v) is 4.52. The maximum Gasteiger partial charge on any atom is 0.280 e. The molecule has 28 heavy (non-hydrogen) atoms. The lowest BCUT2D eigenvalue weighted by atomic mass is 10.1. The number of alkyl halides is 2. The Labute approximate surface area is 158 Å². The van der Waals surface area contributed by atoms with Gasteiger partial charge >= 0.3 is 0 Å². The summed E-state index contributed by atoms with van der Waals surface area (Å²) >= 11 is 0. The molecule has 1 aromatic carbocycles. The maximum absolute atomic E-state index is 13.6. The van der Waals surface area contributed by atoms with Crippen molar-refractivity contribution >= 4 is 17.2 Å². The molecule has 0 unspecified atom stereocenters. The molecule has 0 aliphatic carbocycles. The molecule has 1 N–H and O–H groups in total. The number of carbonyl (C=O) groups is 1. The molecule has 0 bridgehead atoms. The quantitative estimate of drug-likeness (QED) is 0.585. The van der Waals surface area contributed by atoms with Gasteiger partial charge in [-0.05, 0) is 13.0 Å². The molecule has 0 aliphatic heterocycles. The Hall–Kier alpha value is -3.62. The van der Waals surface area contributed by atoms with Crippen molar-refractivity contribution in [1.82, 2.24) is 24.4 Å². The van der Waals surface area contributed by atoms with Gasteiger partial charge in [0.25, 0.3) is 12.3 Å². The predicted octanol–water partition coefficient (Wildman–Crippen LogP) is 3.63. The monoisotopic (exact) mass is 382 g/mol. The van der Waals surface area contributed by atoms with Crippen LogP contribution in [0.4, 0.5) is 14.5 Å². The van der Waals surface area contributed by atoms with Crippen molar-refractivity contribution in [2.45, 2.75) is 13.3 Å². The largest absolute Gasteiger partial charge is 0.319 e. The standard InChI is InChI=1S/C19H16F2N6O/c1-11-15(10-22-26(11)2)25-19(28)13-9-23-27-16(17(20)21)8-14(24-18(13)27)12-6-4-3-5-7-12/h3-10,17H,1-2H3,(H,25,28). The summed E-state index contributed by atoms with van der Waals surface area (Å²) in [5.41, 5.74) is 2.13. The highest BCUT2D eigenvalue weighted by Crippen LogP contribution is 2.27. The van der Waals surface area contributed by atoms with Gasteiger partial charge in [0.2, 0.25) is 0 Å². The number of hydrogen-bond acceptors (Lipinski definition) is 4. The molecule has 9 heteroatoms. The number of aromatic nitrogens is 5. The molecular weight excluding hydrogens is 366 g/mol. The number of benzene rings is 1. The van der Waals surface area contributed by atoms with Gasteiger partial charge < -0.3 is 5.32 Å². The van der Waals surface area contributed by atoms with Crippen LogP contribution >= 0.6 is 0 Å². The molecule has 7 nitrogen and oxygen atoms in total. The Morgan fingerprint density at radius 2 is 1.89 bits per heavy atom. The number of nitrogens with zero attached hydrogens (tertiary/aromatic N) is 5. The van der Waals surface area contributed by atoms with Gasteiger partial charge in [-0.25, -0.2) is 18.3 Å². The highest BCUT2D eigenvalue weighted by Gasteiger charge is 2.22. The summed E-state index contributed by atoms with van der Waals surface area (Å²) in [4.78, 5) is 17.2. The van der Waals surface area contributed by atoms with Crippen LogP contribution < -0.4 is 5.32 Å². The zero-order chi connectivity index (χ0) is 19.8. The molecular formula is C19H16F2N6O. The fraction of sp³-hybridized carbons (Fsp3) is 0.158. The Kier molecular flexibility index (Phi) is 4.34. The zero-order valence-corrected chi connectivity index (χ0v) is 15.1. The van der Waals surface area contributed by atoms with Gasteiger partial charge in [0, 0.05) is 12.6 Å². The van der Waals surface area contributed by atoms with Gasteiger partial charge in [-0.15, -0.1) is 0 Å². The van der Waals surface area contributed by atoms with Gasteiger partial charge in [0.05, 0.1) is 29.5 Å². The minimum absolute atomic E-state index is 0.0655. The lowest BCUT2D eigenvalue weighted by molar-refractivity contribution is 0.102. The van der Waals surface area contributed by atoms with E-state index in [0.717, 1.165) is 10.2 Å². The molecule has 0 aliphatic rings. The van der Waals surface area contributed by atoms with Crippen molar-refractivity contribution < 1.29 is 13.6 Å². The average Bonchev–Trinajstić information content (AvgIpc) is 3.26. The van der Waals surface area contributed by atoms with Gasteiger partial charge in [-0.2, -0.15) is 10.2 Å². The first-order chi connectivity index (χ1) is 13.5. The molecule has 0 saturated carbocycles. The summed E-state index contributed by atoms with van der Waals surface area (Å²) in [6.45, 7) is 1.80. The number of rotatable bonds is 4. The first kappa shape index (κ1) is 17.8. The molecule has 0 atom stereocenters. The van der Waals surface area contributed by atoms with Gasteiger partial charge in [0.1, 0.15) is 11.3 Å². The van der Waals surface area contributed by atoms with Crippen LogP contribution in [0.25, 0.3) is 16.9 Å². The molecule has 4 aromatic rings. The van der Waals surface area contributed by atoms with Crippen molar-refractivity contribution in [1.29, 1.82) is 0 Å². The molecule has 0 fully saturated rings. The van der Waals surface area contributed by atoms with Crippen molar-refractivity contribution in [2.24, 2.45) is 7.05 Å². The van der Waals surface area contributed by atoms with E-state index in [4.69, 9.17) is 0 Å². The summed E-state index contributed by atoms with van der Waals surface area (Å²) in [6.07, 6.45) is -0.0135. The van der Waals surface area contributed by atoms with Crippen LogP contribution in [-0.2, 0) is 7.05 Å². The Morgan fingerprint density at radius 1 is 1.14 bits per heavy atom. The number of nitrogens with one attached hydrogen (secondary N) is 1. The van der Waals surface area contributed by atoms with Crippen molar-refractivity contribution in [2.75, 3.05) is 5.32 Å². The van der Waals surface area contributed by atoms with E-state index in [2.05, 4.69) is 20.5 Å². The average molecular weight is 382 g/mol. The minimum atomic E-state index is -2.77. The second-order valence-electron chi connectivity index (χ2n) is 6.25. The summed E-state index contributed by atoms with van der Waals surface area (Å²) in [5, 5.41) is 10.8. The number of fused-ring (bicyclic) bond motifs is 1. The molecule has 4 rings (SSSR count). The summed E-state index contributed by atoms with van der Waals surface area (Å²) < 4.78 is 29.8. The third kappa shape index (κ3) is 3.00. The van der Waals surface area contributed by atoms with Gasteiger partial charge in [-0.3, -0.25) is 9.48 Å². The van der Waals surface area contributed by atoms with Crippen LogP contribution in [0.3, 0.4) is 0 Å². The first-order valence-electron chi connectivity index (χ1n) is 8.48. The van der Waals surface area contributed by atoms with Crippen molar-refractivity contribution in [3.63, 3.8) is 0 Å². The SMILES string of the molecule is Cc1c(NC(=O)c2cnn3c(C(F)F)cc(-c4ccccc4)nc23)cnn1C. The van der Waals surface area contributed by atoms with Crippen LogP contribution in [0, 0.1) is 6.92 Å². The number of aryl methyl sites for hydroxylation is 1. The van der Waals surface area contributed by atoms with Crippen LogP contribution in [0.5, 0.6) is 0 Å². The molecule has 0 saturated heterocycles. The van der Waals surface area contributed by atoms with E-state index in [1.807, 2.05) is 6.07 Å². The summed E-state index contributed by atoms with van der Waals surface area (Å²) in [6, 6.07) is 10.2. The third-order valence-electron chi connectivity index (χ3n) is 4.52. The summed E-state index contributed by atoms with van der Waals surface area (Å²) in [5.74, 6) is -0.496. The highest BCUT2D eigenvalue weighted by molar-refractivity contribution is 6.08. The maximum atomic E-state index is 13.6. The lowest BCUT2D eigenvalue weighted by Gasteiger charge is -2.08.